The lowest BCUT2D eigenvalue weighted by Crippen LogP contribution is -2.33. The van der Waals surface area contributed by atoms with Crippen molar-refractivity contribution in [3.8, 4) is 0 Å². The van der Waals surface area contributed by atoms with Crippen LogP contribution in [0.15, 0.2) is 47.3 Å². The molecule has 0 saturated heterocycles. The fourth-order valence-corrected chi connectivity index (χ4v) is 4.71. The van der Waals surface area contributed by atoms with Gasteiger partial charge in [0.2, 0.25) is 5.78 Å². The van der Waals surface area contributed by atoms with Crippen LogP contribution in [0.2, 0.25) is 0 Å². The van der Waals surface area contributed by atoms with E-state index in [9.17, 15) is 22.7 Å². The normalized spacial score (nSPS) is 22.0. The number of halogens is 1. The fourth-order valence-electron chi connectivity index (χ4n) is 4.35. The van der Waals surface area contributed by atoms with Crippen LogP contribution in [0, 0.1) is 19.8 Å². The predicted octanol–water partition coefficient (Wildman–Crippen LogP) is 2.23. The van der Waals surface area contributed by atoms with Crippen LogP contribution in [0.25, 0.3) is 0 Å². The zero-order valence-corrected chi connectivity index (χ0v) is 20.5. The Morgan fingerprint density at radius 1 is 1.33 bits per heavy atom. The van der Waals surface area contributed by atoms with Gasteiger partial charge in [-0.05, 0) is 37.5 Å². The van der Waals surface area contributed by atoms with Gasteiger partial charge < -0.3 is 14.8 Å². The summed E-state index contributed by atoms with van der Waals surface area (Å²) in [5.74, 6) is -0.548. The van der Waals surface area contributed by atoms with E-state index in [4.69, 9.17) is 9.56 Å². The van der Waals surface area contributed by atoms with Crippen LogP contribution >= 0.6 is 0 Å². The molecule has 1 aliphatic rings. The van der Waals surface area contributed by atoms with Gasteiger partial charge in [0.1, 0.15) is 24.1 Å². The summed E-state index contributed by atoms with van der Waals surface area (Å²) in [6.45, 7) is 3.31. The first-order valence-electron chi connectivity index (χ1n) is 11.3. The minimum Gasteiger partial charge on any atom is -0.458 e. The van der Waals surface area contributed by atoms with Crippen molar-refractivity contribution < 1.29 is 31.3 Å². The predicted molar refractivity (Wildman–Crippen MR) is 128 cm³/mol. The van der Waals surface area contributed by atoms with Gasteiger partial charge in [0.25, 0.3) is 0 Å². The molecular formula is C24H27FN4O6S. The summed E-state index contributed by atoms with van der Waals surface area (Å²) >= 11 is 0. The van der Waals surface area contributed by atoms with Crippen molar-refractivity contribution in [2.24, 2.45) is 11.1 Å². The van der Waals surface area contributed by atoms with Crippen molar-refractivity contribution in [3.63, 3.8) is 0 Å². The molecule has 0 amide bonds. The highest BCUT2D eigenvalue weighted by molar-refractivity contribution is 7.84. The first kappa shape index (κ1) is 25.9. The second-order valence-corrected chi connectivity index (χ2v) is 10.2. The van der Waals surface area contributed by atoms with E-state index in [0.717, 1.165) is 16.7 Å². The lowest BCUT2D eigenvalue weighted by atomic mass is 10.0. The van der Waals surface area contributed by atoms with Gasteiger partial charge in [-0.15, -0.1) is 0 Å². The Labute approximate surface area is 208 Å². The third-order valence-corrected chi connectivity index (χ3v) is 6.66. The summed E-state index contributed by atoms with van der Waals surface area (Å²) in [6, 6.07) is 8.75. The molecule has 1 aromatic carbocycles. The number of aliphatic hydroxyl groups is 1. The van der Waals surface area contributed by atoms with Gasteiger partial charge in [0.05, 0.1) is 24.3 Å². The SMILES string of the molecule is Cc1cccc(Cc2cc(C(=O)c3cncnc3NC3C[C@H](COS(N)(=O)=O)[C@@H](O)[C@@H]3F)oc2C)c1. The number of rotatable bonds is 9. The Balaban J connectivity index is 1.51. The largest absolute Gasteiger partial charge is 0.458 e. The van der Waals surface area contributed by atoms with Crippen molar-refractivity contribution in [1.82, 2.24) is 9.97 Å². The minimum atomic E-state index is -4.23. The number of hydrogen-bond donors (Lipinski definition) is 3. The van der Waals surface area contributed by atoms with Gasteiger partial charge in [-0.25, -0.2) is 19.5 Å². The van der Waals surface area contributed by atoms with Crippen LogP contribution in [0.1, 0.15) is 45.0 Å². The van der Waals surface area contributed by atoms with Crippen molar-refractivity contribution >= 4 is 21.9 Å². The van der Waals surface area contributed by atoms with E-state index in [1.54, 1.807) is 13.0 Å². The molecule has 2 aromatic heterocycles. The third-order valence-electron chi connectivity index (χ3n) is 6.20. The maximum Gasteiger partial charge on any atom is 0.333 e. The van der Waals surface area contributed by atoms with Gasteiger partial charge >= 0.3 is 10.3 Å². The number of aromatic nitrogens is 2. The number of alkyl halides is 1. The molecule has 1 unspecified atom stereocenters. The standard InChI is InChI=1S/C24H27FN4O6S/c1-13-4-3-5-15(6-13)7-16-9-20(35-14(16)2)23(31)18-10-27-12-28-24(18)29-19-8-17(22(30)21(19)25)11-34-36(26,32)33/h3-6,9-10,12,17,19,21-22,30H,7-8,11H2,1-2H3,(H2,26,32,33)(H,27,28,29)/t17-,19?,21-,22-/m1/s1. The second kappa shape index (κ2) is 10.4. The van der Waals surface area contributed by atoms with E-state index >= 15 is 0 Å². The number of hydrogen-bond acceptors (Lipinski definition) is 9. The Morgan fingerprint density at radius 2 is 2.11 bits per heavy atom. The molecule has 4 atom stereocenters. The number of carbonyl (C=O) groups excluding carboxylic acids is 1. The lowest BCUT2D eigenvalue weighted by molar-refractivity contribution is 0.0501. The number of furan rings is 1. The minimum absolute atomic E-state index is 0.0238. The Kier molecular flexibility index (Phi) is 7.50. The van der Waals surface area contributed by atoms with E-state index in [2.05, 4.69) is 25.5 Å². The smallest absolute Gasteiger partial charge is 0.333 e. The van der Waals surface area contributed by atoms with E-state index in [1.165, 1.54) is 12.5 Å². The van der Waals surface area contributed by atoms with Crippen molar-refractivity contribution in [1.29, 1.82) is 0 Å². The Bertz CT molecular complexity index is 1360. The highest BCUT2D eigenvalue weighted by Gasteiger charge is 2.44. The number of aliphatic hydroxyl groups excluding tert-OH is 1. The molecule has 3 aromatic rings. The maximum absolute atomic E-state index is 14.8. The number of carbonyl (C=O) groups is 1. The van der Waals surface area contributed by atoms with Crippen LogP contribution in [-0.2, 0) is 20.9 Å². The molecule has 0 spiro atoms. The van der Waals surface area contributed by atoms with Crippen LogP contribution in [0.5, 0.6) is 0 Å². The molecule has 4 N–H and O–H groups in total. The number of nitrogens with two attached hydrogens (primary N) is 1. The Morgan fingerprint density at radius 3 is 2.83 bits per heavy atom. The van der Waals surface area contributed by atoms with E-state index in [-0.39, 0.29) is 23.6 Å². The molecule has 0 aliphatic heterocycles. The number of ketones is 1. The average molecular weight is 519 g/mol. The molecule has 192 valence electrons. The second-order valence-electron chi connectivity index (χ2n) is 8.93. The first-order valence-corrected chi connectivity index (χ1v) is 12.7. The molecule has 36 heavy (non-hydrogen) atoms. The number of nitrogens with zero attached hydrogens (tertiary/aromatic N) is 2. The van der Waals surface area contributed by atoms with Crippen LogP contribution < -0.4 is 10.5 Å². The van der Waals surface area contributed by atoms with E-state index in [0.29, 0.717) is 12.2 Å². The first-order chi connectivity index (χ1) is 17.0. The molecule has 0 radical (unpaired) electrons. The van der Waals surface area contributed by atoms with Gasteiger partial charge in [-0.2, -0.15) is 8.42 Å². The van der Waals surface area contributed by atoms with Crippen LogP contribution in [0.4, 0.5) is 10.2 Å². The molecule has 2 heterocycles. The monoisotopic (exact) mass is 518 g/mol. The van der Waals surface area contributed by atoms with Crippen molar-refractivity contribution in [2.75, 3.05) is 11.9 Å². The molecule has 1 aliphatic carbocycles. The van der Waals surface area contributed by atoms with Gasteiger partial charge in [-0.1, -0.05) is 29.8 Å². The molecule has 1 saturated carbocycles. The Hall–Kier alpha value is -3.19. The summed E-state index contributed by atoms with van der Waals surface area (Å²) < 4.78 is 47.1. The van der Waals surface area contributed by atoms with Gasteiger partial charge in [0, 0.05) is 18.5 Å². The van der Waals surface area contributed by atoms with Crippen LogP contribution in [0.3, 0.4) is 0 Å². The zero-order chi connectivity index (χ0) is 26.0. The summed E-state index contributed by atoms with van der Waals surface area (Å²) in [4.78, 5) is 21.3. The van der Waals surface area contributed by atoms with Crippen LogP contribution in [-0.4, -0.2) is 54.2 Å². The highest BCUT2D eigenvalue weighted by Crippen LogP contribution is 2.32. The summed E-state index contributed by atoms with van der Waals surface area (Å²) in [5.41, 5.74) is 3.14. The number of benzene rings is 1. The summed E-state index contributed by atoms with van der Waals surface area (Å²) in [7, 11) is -4.23. The molecule has 10 nitrogen and oxygen atoms in total. The molecule has 4 rings (SSSR count). The van der Waals surface area contributed by atoms with Crippen molar-refractivity contribution in [3.05, 3.63) is 76.6 Å². The molecule has 12 heteroatoms. The number of aryl methyl sites for hydroxylation is 2. The fraction of sp³-hybridized carbons (Fsp3) is 0.375. The van der Waals surface area contributed by atoms with E-state index in [1.807, 2.05) is 25.1 Å². The summed E-state index contributed by atoms with van der Waals surface area (Å²) in [6.07, 6.45) is -0.125. The molecule has 0 bridgehead atoms. The molecular weight excluding hydrogens is 491 g/mol. The average Bonchev–Trinajstić information content (AvgIpc) is 3.31. The quantitative estimate of drug-likeness (QED) is 0.361. The lowest BCUT2D eigenvalue weighted by Gasteiger charge is -2.17. The topological polar surface area (TPSA) is 158 Å². The van der Waals surface area contributed by atoms with E-state index < -0.39 is 46.9 Å². The third kappa shape index (κ3) is 5.95. The number of anilines is 1. The van der Waals surface area contributed by atoms with Gasteiger partial charge in [0.15, 0.2) is 5.76 Å². The highest BCUT2D eigenvalue weighted by atomic mass is 32.2. The van der Waals surface area contributed by atoms with Gasteiger partial charge in [-0.3, -0.25) is 8.98 Å². The number of nitrogens with one attached hydrogen (secondary N) is 1. The van der Waals surface area contributed by atoms with Crippen molar-refractivity contribution in [2.45, 2.75) is 45.0 Å². The zero-order valence-electron chi connectivity index (χ0n) is 19.7. The maximum atomic E-state index is 14.8. The molecule has 1 fully saturated rings. The summed E-state index contributed by atoms with van der Waals surface area (Å²) in [5, 5.41) is 17.9.